The number of unbranched alkanes of at least 4 members (excludes halogenated alkanes) is 1. The number of aliphatic carboxylic acids is 1. The number of carbonyl (C=O) groups is 1. The van der Waals surface area contributed by atoms with Crippen molar-refractivity contribution in [1.29, 1.82) is 0 Å². The Morgan fingerprint density at radius 3 is 2.26 bits per heavy atom. The highest BCUT2D eigenvalue weighted by atomic mass is 16.4. The maximum Gasteiger partial charge on any atom is 0.0479 e. The molecule has 0 atom stereocenters. The van der Waals surface area contributed by atoms with Crippen molar-refractivity contribution in [2.24, 2.45) is 17.3 Å². The highest BCUT2D eigenvalue weighted by Gasteiger charge is 2.42. The summed E-state index contributed by atoms with van der Waals surface area (Å²) in [6.45, 7) is 2.23. The van der Waals surface area contributed by atoms with E-state index in [1.807, 2.05) is 0 Å². The van der Waals surface area contributed by atoms with E-state index < -0.39 is 11.4 Å². The molecule has 2 aliphatic rings. The number of rotatable bonds is 5. The molecule has 0 N–H and O–H groups in total. The van der Waals surface area contributed by atoms with E-state index in [-0.39, 0.29) is 0 Å². The van der Waals surface area contributed by atoms with Gasteiger partial charge in [-0.3, -0.25) is 0 Å². The normalized spacial score (nSPS) is 33.2. The second kappa shape index (κ2) is 6.76. The lowest BCUT2D eigenvalue weighted by molar-refractivity contribution is -0.325. The van der Waals surface area contributed by atoms with Gasteiger partial charge >= 0.3 is 0 Å². The third-order valence-electron chi connectivity index (χ3n) is 5.76. The van der Waals surface area contributed by atoms with Crippen LogP contribution in [0.25, 0.3) is 0 Å². The average Bonchev–Trinajstić information content (AvgIpc) is 2.46. The number of carboxylic acid groups (broad SMARTS) is 1. The fourth-order valence-corrected chi connectivity index (χ4v) is 4.41. The molecule has 0 aromatic carbocycles. The molecule has 0 aromatic heterocycles. The zero-order valence-electron chi connectivity index (χ0n) is 12.5. The van der Waals surface area contributed by atoms with E-state index in [1.54, 1.807) is 0 Å². The van der Waals surface area contributed by atoms with Crippen LogP contribution in [0.3, 0.4) is 0 Å². The van der Waals surface area contributed by atoms with Gasteiger partial charge in [0.05, 0.1) is 0 Å². The van der Waals surface area contributed by atoms with Crippen molar-refractivity contribution in [1.82, 2.24) is 0 Å². The Morgan fingerprint density at radius 1 is 1.11 bits per heavy atom. The molecule has 2 heteroatoms. The Bertz CT molecular complexity index is 284. The van der Waals surface area contributed by atoms with Gasteiger partial charge in [-0.25, -0.2) is 0 Å². The second-order valence-electron chi connectivity index (χ2n) is 6.86. The summed E-state index contributed by atoms with van der Waals surface area (Å²) in [6, 6.07) is 0. The molecule has 110 valence electrons. The number of carboxylic acids is 1. The molecule has 0 radical (unpaired) electrons. The largest absolute Gasteiger partial charge is 0.550 e. The number of hydrogen-bond acceptors (Lipinski definition) is 2. The van der Waals surface area contributed by atoms with Crippen molar-refractivity contribution in [3.63, 3.8) is 0 Å². The molecule has 0 spiro atoms. The lowest BCUT2D eigenvalue weighted by atomic mass is 9.60. The van der Waals surface area contributed by atoms with Gasteiger partial charge in [-0.05, 0) is 50.4 Å². The molecule has 2 fully saturated rings. The minimum Gasteiger partial charge on any atom is -0.550 e. The molecule has 2 nitrogen and oxygen atoms in total. The topological polar surface area (TPSA) is 40.1 Å². The summed E-state index contributed by atoms with van der Waals surface area (Å²) >= 11 is 0. The highest BCUT2D eigenvalue weighted by molar-refractivity contribution is 5.73. The van der Waals surface area contributed by atoms with Crippen LogP contribution in [0.4, 0.5) is 0 Å². The smallest absolute Gasteiger partial charge is 0.0479 e. The van der Waals surface area contributed by atoms with Crippen LogP contribution >= 0.6 is 0 Å². The molecule has 0 bridgehead atoms. The summed E-state index contributed by atoms with van der Waals surface area (Å²) < 4.78 is 0. The van der Waals surface area contributed by atoms with Gasteiger partial charge in [0.25, 0.3) is 0 Å². The van der Waals surface area contributed by atoms with Gasteiger partial charge in [-0.2, -0.15) is 0 Å². The van der Waals surface area contributed by atoms with E-state index in [1.165, 1.54) is 38.5 Å². The fourth-order valence-electron chi connectivity index (χ4n) is 4.41. The Balaban J connectivity index is 1.96. The summed E-state index contributed by atoms with van der Waals surface area (Å²) in [4.78, 5) is 11.8. The van der Waals surface area contributed by atoms with Crippen LogP contribution in [0.15, 0.2) is 0 Å². The van der Waals surface area contributed by atoms with Crippen molar-refractivity contribution in [2.45, 2.75) is 84.0 Å². The van der Waals surface area contributed by atoms with Crippen molar-refractivity contribution in [3.8, 4) is 0 Å². The van der Waals surface area contributed by atoms with E-state index in [2.05, 4.69) is 6.92 Å². The van der Waals surface area contributed by atoms with Crippen molar-refractivity contribution < 1.29 is 9.90 Å². The minimum atomic E-state index is -0.742. The number of hydrogen-bond donors (Lipinski definition) is 0. The van der Waals surface area contributed by atoms with Gasteiger partial charge in [0.15, 0.2) is 0 Å². The minimum absolute atomic E-state index is 0.401. The van der Waals surface area contributed by atoms with Gasteiger partial charge in [-0.15, -0.1) is 0 Å². The SMILES string of the molecule is CCCCC1CCC(C(=O)[O-])(C2CCCCC2)CC1. The van der Waals surface area contributed by atoms with Crippen LogP contribution in [0.2, 0.25) is 0 Å². The molecule has 0 heterocycles. The standard InChI is InChI=1S/C17H30O2/c1-2-3-7-14-10-12-17(13-11-14,16(18)19)15-8-5-4-6-9-15/h14-15H,2-13H2,1H3,(H,18,19)/p-1. The van der Waals surface area contributed by atoms with E-state index in [0.29, 0.717) is 5.92 Å². The van der Waals surface area contributed by atoms with Crippen LogP contribution in [0, 0.1) is 17.3 Å². The molecule has 19 heavy (non-hydrogen) atoms. The van der Waals surface area contributed by atoms with Crippen molar-refractivity contribution in [2.75, 3.05) is 0 Å². The van der Waals surface area contributed by atoms with E-state index in [0.717, 1.165) is 44.4 Å². The van der Waals surface area contributed by atoms with Crippen LogP contribution in [0.5, 0.6) is 0 Å². The van der Waals surface area contributed by atoms with Gasteiger partial charge in [0.1, 0.15) is 0 Å². The molecule has 2 rings (SSSR count). The van der Waals surface area contributed by atoms with Gasteiger partial charge in [-0.1, -0.05) is 45.4 Å². The quantitative estimate of drug-likeness (QED) is 0.760. The van der Waals surface area contributed by atoms with E-state index in [4.69, 9.17) is 0 Å². The third kappa shape index (κ3) is 3.32. The summed E-state index contributed by atoms with van der Waals surface area (Å²) in [5.74, 6) is 0.433. The molecular weight excluding hydrogens is 236 g/mol. The zero-order valence-corrected chi connectivity index (χ0v) is 12.5. The Hall–Kier alpha value is -0.530. The van der Waals surface area contributed by atoms with Crippen LogP contribution in [-0.4, -0.2) is 5.97 Å². The van der Waals surface area contributed by atoms with E-state index >= 15 is 0 Å². The molecule has 0 saturated heterocycles. The Kier molecular flexibility index (Phi) is 5.29. The summed E-state index contributed by atoms with van der Waals surface area (Å²) in [7, 11) is 0. The molecule has 0 unspecified atom stereocenters. The summed E-state index contributed by atoms with van der Waals surface area (Å²) in [5.41, 5.74) is -0.469. The maximum absolute atomic E-state index is 11.8. The maximum atomic E-state index is 11.8. The van der Waals surface area contributed by atoms with Gasteiger partial charge in [0.2, 0.25) is 0 Å². The fraction of sp³-hybridized carbons (Fsp3) is 0.941. The Labute approximate surface area is 118 Å². The third-order valence-corrected chi connectivity index (χ3v) is 5.76. The molecule has 2 aliphatic carbocycles. The predicted octanol–water partition coefficient (Wildman–Crippen LogP) is 3.68. The molecular formula is C17H29O2-. The number of carbonyl (C=O) groups excluding carboxylic acids is 1. The van der Waals surface area contributed by atoms with Crippen LogP contribution < -0.4 is 5.11 Å². The summed E-state index contributed by atoms with van der Waals surface area (Å²) in [6.07, 6.45) is 13.8. The van der Waals surface area contributed by atoms with Gasteiger partial charge < -0.3 is 9.90 Å². The first-order valence-electron chi connectivity index (χ1n) is 8.40. The first kappa shape index (κ1) is 14.9. The molecule has 0 aliphatic heterocycles. The van der Waals surface area contributed by atoms with Gasteiger partial charge in [0, 0.05) is 11.4 Å². The first-order valence-corrected chi connectivity index (χ1v) is 8.40. The molecule has 0 aromatic rings. The average molecular weight is 265 g/mol. The van der Waals surface area contributed by atoms with Crippen LogP contribution in [0.1, 0.15) is 84.0 Å². The molecule has 2 saturated carbocycles. The van der Waals surface area contributed by atoms with Crippen molar-refractivity contribution in [3.05, 3.63) is 0 Å². The van der Waals surface area contributed by atoms with Crippen molar-refractivity contribution >= 4 is 5.97 Å². The highest BCUT2D eigenvalue weighted by Crippen LogP contribution is 2.49. The van der Waals surface area contributed by atoms with Crippen LogP contribution in [-0.2, 0) is 4.79 Å². The lowest BCUT2D eigenvalue weighted by Crippen LogP contribution is -2.50. The van der Waals surface area contributed by atoms with E-state index in [9.17, 15) is 9.90 Å². The predicted molar refractivity (Wildman–Crippen MR) is 75.5 cm³/mol. The second-order valence-corrected chi connectivity index (χ2v) is 6.86. The zero-order chi connectivity index (χ0) is 13.7. The monoisotopic (exact) mass is 265 g/mol. The summed E-state index contributed by atoms with van der Waals surface area (Å²) in [5, 5.41) is 11.8. The molecule has 0 amide bonds. The first-order chi connectivity index (χ1) is 9.19. The Morgan fingerprint density at radius 2 is 1.74 bits per heavy atom. The lowest BCUT2D eigenvalue weighted by Gasteiger charge is -2.48.